The second-order valence-corrected chi connectivity index (χ2v) is 5.64. The van der Waals surface area contributed by atoms with Gasteiger partial charge in [0.2, 0.25) is 0 Å². The van der Waals surface area contributed by atoms with Gasteiger partial charge >= 0.3 is 0 Å². The van der Waals surface area contributed by atoms with Crippen molar-refractivity contribution in [1.29, 1.82) is 0 Å². The summed E-state index contributed by atoms with van der Waals surface area (Å²) in [4.78, 5) is 25.2. The highest BCUT2D eigenvalue weighted by Crippen LogP contribution is 2.19. The van der Waals surface area contributed by atoms with Gasteiger partial charge in [-0.25, -0.2) is 0 Å². The smallest absolute Gasteiger partial charge is 0.262 e. The topological polar surface area (TPSA) is 67.9 Å². The molecule has 0 spiro atoms. The predicted octanol–water partition coefficient (Wildman–Crippen LogP) is 2.35. The lowest BCUT2D eigenvalue weighted by Gasteiger charge is -2.28. The number of morpholine rings is 1. The predicted molar refractivity (Wildman–Crippen MR) is 95.4 cm³/mol. The molecule has 1 amide bonds. The zero-order valence-corrected chi connectivity index (χ0v) is 13.8. The van der Waals surface area contributed by atoms with Gasteiger partial charge in [-0.1, -0.05) is 12.1 Å². The van der Waals surface area contributed by atoms with E-state index < -0.39 is 0 Å². The second kappa shape index (κ2) is 8.30. The monoisotopic (exact) mass is 340 g/mol. The van der Waals surface area contributed by atoms with Crippen molar-refractivity contribution >= 4 is 23.6 Å². The number of hydrogen-bond donors (Lipinski definition) is 1. The summed E-state index contributed by atoms with van der Waals surface area (Å²) in [5, 5.41) is 2.78. The summed E-state index contributed by atoms with van der Waals surface area (Å²) >= 11 is 0. The molecule has 130 valence electrons. The van der Waals surface area contributed by atoms with Gasteiger partial charge in [0.25, 0.3) is 5.91 Å². The van der Waals surface area contributed by atoms with Crippen LogP contribution in [0.25, 0.3) is 0 Å². The third kappa shape index (κ3) is 4.58. The van der Waals surface area contributed by atoms with Crippen molar-refractivity contribution in [3.05, 3.63) is 54.1 Å². The first-order valence-electron chi connectivity index (χ1n) is 8.16. The fourth-order valence-corrected chi connectivity index (χ4v) is 2.63. The van der Waals surface area contributed by atoms with Gasteiger partial charge < -0.3 is 19.7 Å². The van der Waals surface area contributed by atoms with Crippen LogP contribution in [0.5, 0.6) is 5.75 Å². The lowest BCUT2D eigenvalue weighted by Crippen LogP contribution is -2.36. The van der Waals surface area contributed by atoms with E-state index >= 15 is 0 Å². The SMILES string of the molecule is O=Cc1ccccc1OCC(=O)Nc1ccc(N2CCOCC2)cc1. The molecular formula is C19H20N2O4. The molecule has 0 aromatic heterocycles. The maximum atomic E-state index is 12.0. The Labute approximate surface area is 146 Å². The Bertz CT molecular complexity index is 724. The Morgan fingerprint density at radius 2 is 1.84 bits per heavy atom. The molecule has 1 aliphatic heterocycles. The van der Waals surface area contributed by atoms with Gasteiger partial charge in [-0.15, -0.1) is 0 Å². The summed E-state index contributed by atoms with van der Waals surface area (Å²) in [6, 6.07) is 14.5. The van der Waals surface area contributed by atoms with Gasteiger partial charge in [0.15, 0.2) is 12.9 Å². The van der Waals surface area contributed by atoms with Crippen LogP contribution < -0.4 is 15.0 Å². The maximum Gasteiger partial charge on any atom is 0.262 e. The van der Waals surface area contributed by atoms with Crippen LogP contribution in [0.15, 0.2) is 48.5 Å². The van der Waals surface area contributed by atoms with E-state index in [1.165, 1.54) is 0 Å². The highest BCUT2D eigenvalue weighted by Gasteiger charge is 2.11. The minimum Gasteiger partial charge on any atom is -0.483 e. The molecule has 0 bridgehead atoms. The number of nitrogens with one attached hydrogen (secondary N) is 1. The molecule has 1 N–H and O–H groups in total. The molecule has 0 aliphatic carbocycles. The van der Waals surface area contributed by atoms with E-state index in [4.69, 9.17) is 9.47 Å². The number of benzene rings is 2. The van der Waals surface area contributed by atoms with E-state index in [1.54, 1.807) is 24.3 Å². The van der Waals surface area contributed by atoms with Crippen LogP contribution in [0.3, 0.4) is 0 Å². The fourth-order valence-electron chi connectivity index (χ4n) is 2.63. The molecule has 1 heterocycles. The standard InChI is InChI=1S/C19H20N2O4/c22-13-15-3-1-2-4-18(15)25-14-19(23)20-16-5-7-17(8-6-16)21-9-11-24-12-10-21/h1-8,13H,9-12,14H2,(H,20,23). The first kappa shape index (κ1) is 17.0. The van der Waals surface area contributed by atoms with Crippen molar-refractivity contribution in [2.45, 2.75) is 0 Å². The first-order valence-corrected chi connectivity index (χ1v) is 8.16. The molecule has 1 saturated heterocycles. The number of carbonyl (C=O) groups excluding carboxylic acids is 2. The van der Waals surface area contributed by atoms with Crippen LogP contribution in [0, 0.1) is 0 Å². The van der Waals surface area contributed by atoms with Crippen molar-refractivity contribution in [2.75, 3.05) is 43.1 Å². The summed E-state index contributed by atoms with van der Waals surface area (Å²) in [6.45, 7) is 3.05. The van der Waals surface area contributed by atoms with E-state index in [1.807, 2.05) is 24.3 Å². The van der Waals surface area contributed by atoms with Gasteiger partial charge in [0, 0.05) is 24.5 Å². The van der Waals surface area contributed by atoms with Gasteiger partial charge in [0.1, 0.15) is 5.75 Å². The largest absolute Gasteiger partial charge is 0.483 e. The number of carbonyl (C=O) groups is 2. The summed E-state index contributed by atoms with van der Waals surface area (Å²) in [5.41, 5.74) is 2.23. The van der Waals surface area contributed by atoms with E-state index in [0.29, 0.717) is 23.3 Å². The van der Waals surface area contributed by atoms with Gasteiger partial charge in [-0.05, 0) is 36.4 Å². The van der Waals surface area contributed by atoms with E-state index in [9.17, 15) is 9.59 Å². The van der Waals surface area contributed by atoms with E-state index in [2.05, 4.69) is 10.2 Å². The van der Waals surface area contributed by atoms with Crippen molar-refractivity contribution < 1.29 is 19.1 Å². The van der Waals surface area contributed by atoms with E-state index in [-0.39, 0.29) is 12.5 Å². The van der Waals surface area contributed by atoms with Crippen LogP contribution in [0.1, 0.15) is 10.4 Å². The Morgan fingerprint density at radius 1 is 1.12 bits per heavy atom. The molecule has 1 aliphatic rings. The van der Waals surface area contributed by atoms with Crippen LogP contribution >= 0.6 is 0 Å². The zero-order valence-electron chi connectivity index (χ0n) is 13.8. The number of hydrogen-bond acceptors (Lipinski definition) is 5. The highest BCUT2D eigenvalue weighted by atomic mass is 16.5. The Kier molecular flexibility index (Phi) is 5.64. The Morgan fingerprint density at radius 3 is 2.56 bits per heavy atom. The van der Waals surface area contributed by atoms with Gasteiger partial charge in [-0.2, -0.15) is 0 Å². The first-order chi connectivity index (χ1) is 12.3. The molecule has 0 radical (unpaired) electrons. The van der Waals surface area contributed by atoms with Gasteiger partial charge in [0.05, 0.1) is 18.8 Å². The van der Waals surface area contributed by atoms with Crippen molar-refractivity contribution in [1.82, 2.24) is 0 Å². The van der Waals surface area contributed by atoms with E-state index in [0.717, 1.165) is 32.0 Å². The molecule has 2 aromatic rings. The Hall–Kier alpha value is -2.86. The highest BCUT2D eigenvalue weighted by molar-refractivity contribution is 5.92. The van der Waals surface area contributed by atoms with Crippen LogP contribution in [0.2, 0.25) is 0 Å². The average molecular weight is 340 g/mol. The molecule has 1 fully saturated rings. The number of amides is 1. The number of para-hydroxylation sites is 1. The molecule has 25 heavy (non-hydrogen) atoms. The molecule has 0 atom stereocenters. The quantitative estimate of drug-likeness (QED) is 0.818. The molecule has 3 rings (SSSR count). The number of ether oxygens (including phenoxy) is 2. The fraction of sp³-hybridized carbons (Fsp3) is 0.263. The molecule has 0 saturated carbocycles. The molecule has 6 nitrogen and oxygen atoms in total. The molecular weight excluding hydrogens is 320 g/mol. The Balaban J connectivity index is 1.53. The third-order valence-electron chi connectivity index (χ3n) is 3.93. The van der Waals surface area contributed by atoms with Gasteiger partial charge in [-0.3, -0.25) is 9.59 Å². The van der Waals surface area contributed by atoms with Crippen LogP contribution in [-0.2, 0) is 9.53 Å². The second-order valence-electron chi connectivity index (χ2n) is 5.64. The van der Waals surface area contributed by atoms with Crippen LogP contribution in [-0.4, -0.2) is 45.1 Å². The summed E-state index contributed by atoms with van der Waals surface area (Å²) in [6.07, 6.45) is 0.706. The molecule has 6 heteroatoms. The minimum atomic E-state index is -0.278. The molecule has 0 unspecified atom stereocenters. The number of anilines is 2. The number of aldehydes is 1. The summed E-state index contributed by atoms with van der Waals surface area (Å²) in [5.74, 6) is 0.120. The number of rotatable bonds is 6. The minimum absolute atomic E-state index is 0.157. The molecule has 2 aromatic carbocycles. The maximum absolute atomic E-state index is 12.0. The van der Waals surface area contributed by atoms with Crippen molar-refractivity contribution in [2.24, 2.45) is 0 Å². The summed E-state index contributed by atoms with van der Waals surface area (Å²) in [7, 11) is 0. The lowest BCUT2D eigenvalue weighted by molar-refractivity contribution is -0.118. The van der Waals surface area contributed by atoms with Crippen molar-refractivity contribution in [3.8, 4) is 5.75 Å². The van der Waals surface area contributed by atoms with Crippen molar-refractivity contribution in [3.63, 3.8) is 0 Å². The normalized spacial score (nSPS) is 14.0. The van der Waals surface area contributed by atoms with Crippen LogP contribution in [0.4, 0.5) is 11.4 Å². The number of nitrogens with zero attached hydrogens (tertiary/aromatic N) is 1. The third-order valence-corrected chi connectivity index (χ3v) is 3.93. The summed E-state index contributed by atoms with van der Waals surface area (Å²) < 4.78 is 10.8. The zero-order chi connectivity index (χ0) is 17.5. The average Bonchev–Trinajstić information content (AvgIpc) is 2.68. The lowest BCUT2D eigenvalue weighted by atomic mass is 10.2.